The number of primary amides is 1. The van der Waals surface area contributed by atoms with Crippen LogP contribution in [0.15, 0.2) is 0 Å². The summed E-state index contributed by atoms with van der Waals surface area (Å²) in [6.07, 6.45) is 2.25. The number of aromatic nitrogens is 1. The highest BCUT2D eigenvalue weighted by atomic mass is 16.1. The minimum Gasteiger partial charge on any atom is -0.365 e. The van der Waals surface area contributed by atoms with Crippen LogP contribution in [-0.2, 0) is 13.1 Å². The van der Waals surface area contributed by atoms with Crippen molar-refractivity contribution in [1.82, 2.24) is 4.57 Å². The lowest BCUT2D eigenvalue weighted by molar-refractivity contribution is -0.677. The average molecular weight is 231 g/mol. The van der Waals surface area contributed by atoms with Gasteiger partial charge in [-0.3, -0.25) is 4.79 Å². The first-order valence-corrected chi connectivity index (χ1v) is 6.01. The molecule has 0 radical (unpaired) electrons. The van der Waals surface area contributed by atoms with Gasteiger partial charge < -0.3 is 15.6 Å². The van der Waals surface area contributed by atoms with Crippen LogP contribution in [0.1, 0.15) is 46.1 Å². The SMILES string of the molecule is N#Cc1c(C(N)=O)c2n(c1C1CC1)CC[NH2+]C2. The van der Waals surface area contributed by atoms with Crippen LogP contribution in [0.4, 0.5) is 0 Å². The largest absolute Gasteiger partial charge is 0.365 e. The Kier molecular flexibility index (Phi) is 2.20. The zero-order valence-corrected chi connectivity index (χ0v) is 9.57. The molecule has 0 spiro atoms. The van der Waals surface area contributed by atoms with Gasteiger partial charge in [0.05, 0.1) is 29.9 Å². The molecule has 0 atom stereocenters. The monoisotopic (exact) mass is 231 g/mol. The zero-order valence-electron chi connectivity index (χ0n) is 9.57. The second-order valence-electron chi connectivity index (χ2n) is 4.77. The predicted octanol–water partition coefficient (Wildman–Crippen LogP) is -0.587. The van der Waals surface area contributed by atoms with Crippen LogP contribution in [0, 0.1) is 11.3 Å². The van der Waals surface area contributed by atoms with E-state index >= 15 is 0 Å². The lowest BCUT2D eigenvalue weighted by Gasteiger charge is -2.17. The van der Waals surface area contributed by atoms with Crippen LogP contribution in [0.2, 0.25) is 0 Å². The van der Waals surface area contributed by atoms with Gasteiger partial charge in [0.1, 0.15) is 12.6 Å². The summed E-state index contributed by atoms with van der Waals surface area (Å²) in [5.74, 6) is 0.00194. The lowest BCUT2D eigenvalue weighted by Crippen LogP contribution is -2.85. The van der Waals surface area contributed by atoms with Crippen molar-refractivity contribution in [2.75, 3.05) is 6.54 Å². The maximum Gasteiger partial charge on any atom is 0.252 e. The van der Waals surface area contributed by atoms with Gasteiger partial charge in [-0.05, 0) is 12.8 Å². The minimum absolute atomic E-state index is 0.463. The van der Waals surface area contributed by atoms with Crippen molar-refractivity contribution in [2.45, 2.75) is 31.8 Å². The Balaban J connectivity index is 2.27. The number of quaternary nitrogens is 1. The summed E-state index contributed by atoms with van der Waals surface area (Å²) >= 11 is 0. The van der Waals surface area contributed by atoms with Gasteiger partial charge in [0.2, 0.25) is 0 Å². The molecule has 4 N–H and O–H groups in total. The molecule has 2 aliphatic rings. The van der Waals surface area contributed by atoms with E-state index < -0.39 is 5.91 Å². The Morgan fingerprint density at radius 3 is 2.88 bits per heavy atom. The molecule has 1 aromatic heterocycles. The van der Waals surface area contributed by atoms with Crippen molar-refractivity contribution < 1.29 is 10.1 Å². The maximum atomic E-state index is 11.6. The smallest absolute Gasteiger partial charge is 0.252 e. The minimum atomic E-state index is -0.465. The van der Waals surface area contributed by atoms with Crippen molar-refractivity contribution in [1.29, 1.82) is 5.26 Å². The number of rotatable bonds is 2. The first kappa shape index (κ1) is 10.4. The highest BCUT2D eigenvalue weighted by Crippen LogP contribution is 2.44. The summed E-state index contributed by atoms with van der Waals surface area (Å²) in [4.78, 5) is 11.6. The van der Waals surface area contributed by atoms with Crippen LogP contribution in [0.25, 0.3) is 0 Å². The number of amides is 1. The highest BCUT2D eigenvalue weighted by Gasteiger charge is 2.36. The molecule has 17 heavy (non-hydrogen) atoms. The Hall–Kier alpha value is -1.80. The summed E-state index contributed by atoms with van der Waals surface area (Å²) in [5.41, 5.74) is 8.43. The highest BCUT2D eigenvalue weighted by molar-refractivity contribution is 5.97. The normalized spacial score (nSPS) is 18.5. The molecule has 88 valence electrons. The van der Waals surface area contributed by atoms with Crippen molar-refractivity contribution in [3.63, 3.8) is 0 Å². The molecule has 1 saturated carbocycles. The third kappa shape index (κ3) is 1.45. The molecular weight excluding hydrogens is 216 g/mol. The summed E-state index contributed by atoms with van der Waals surface area (Å²) in [7, 11) is 0. The second kappa shape index (κ2) is 3.60. The molecule has 3 rings (SSSR count). The molecule has 1 fully saturated rings. The van der Waals surface area contributed by atoms with Gasteiger partial charge in [0, 0.05) is 11.6 Å². The van der Waals surface area contributed by atoms with Gasteiger partial charge in [-0.25, -0.2) is 0 Å². The number of carbonyl (C=O) groups excluding carboxylic acids is 1. The van der Waals surface area contributed by atoms with Crippen LogP contribution < -0.4 is 11.1 Å². The first-order valence-electron chi connectivity index (χ1n) is 6.01. The van der Waals surface area contributed by atoms with Crippen molar-refractivity contribution in [3.05, 3.63) is 22.5 Å². The molecule has 2 heterocycles. The van der Waals surface area contributed by atoms with Gasteiger partial charge in [-0.1, -0.05) is 0 Å². The summed E-state index contributed by atoms with van der Waals surface area (Å²) in [6, 6.07) is 2.19. The van der Waals surface area contributed by atoms with Crippen LogP contribution in [0.5, 0.6) is 0 Å². The maximum absolute atomic E-state index is 11.6. The molecule has 1 amide bonds. The van der Waals surface area contributed by atoms with Gasteiger partial charge in [-0.2, -0.15) is 5.26 Å². The topological polar surface area (TPSA) is 88.4 Å². The van der Waals surface area contributed by atoms with Crippen LogP contribution >= 0.6 is 0 Å². The van der Waals surface area contributed by atoms with Crippen LogP contribution in [0.3, 0.4) is 0 Å². The van der Waals surface area contributed by atoms with E-state index in [1.54, 1.807) is 0 Å². The molecule has 1 aliphatic heterocycles. The summed E-state index contributed by atoms with van der Waals surface area (Å²) < 4.78 is 2.16. The van der Waals surface area contributed by atoms with E-state index in [1.165, 1.54) is 0 Å². The average Bonchev–Trinajstić information content (AvgIpc) is 3.09. The number of hydrogen-bond acceptors (Lipinski definition) is 2. The van der Waals surface area contributed by atoms with E-state index in [1.807, 2.05) is 0 Å². The molecule has 0 saturated heterocycles. The Bertz CT molecular complexity index is 534. The van der Waals surface area contributed by atoms with Gasteiger partial charge in [0.15, 0.2) is 0 Å². The predicted molar refractivity (Wildman–Crippen MR) is 60.1 cm³/mol. The lowest BCUT2D eigenvalue weighted by atomic mass is 10.1. The summed E-state index contributed by atoms with van der Waals surface area (Å²) in [5, 5.41) is 11.4. The number of nitriles is 1. The third-order valence-corrected chi connectivity index (χ3v) is 3.63. The Labute approximate surface area is 99.2 Å². The number of carbonyl (C=O) groups is 1. The van der Waals surface area contributed by atoms with E-state index in [-0.39, 0.29) is 0 Å². The number of nitrogens with two attached hydrogens (primary N) is 2. The molecule has 0 unspecified atom stereocenters. The number of nitrogens with zero attached hydrogens (tertiary/aromatic N) is 2. The summed E-state index contributed by atoms with van der Waals surface area (Å²) in [6.45, 7) is 2.63. The number of hydrogen-bond donors (Lipinski definition) is 2. The first-order chi connectivity index (χ1) is 8.24. The van der Waals surface area contributed by atoms with Crippen LogP contribution in [-0.4, -0.2) is 17.0 Å². The molecule has 1 aromatic rings. The quantitative estimate of drug-likeness (QED) is 0.712. The fourth-order valence-corrected chi connectivity index (χ4v) is 2.77. The van der Waals surface area contributed by atoms with Crippen molar-refractivity contribution >= 4 is 5.91 Å². The van der Waals surface area contributed by atoms with Gasteiger partial charge in [-0.15, -0.1) is 0 Å². The van der Waals surface area contributed by atoms with E-state index in [9.17, 15) is 10.1 Å². The Morgan fingerprint density at radius 1 is 1.53 bits per heavy atom. The zero-order chi connectivity index (χ0) is 12.0. The van der Waals surface area contributed by atoms with Crippen molar-refractivity contribution in [2.24, 2.45) is 5.73 Å². The van der Waals surface area contributed by atoms with E-state index in [0.29, 0.717) is 17.0 Å². The molecule has 0 bridgehead atoms. The fraction of sp³-hybridized carbons (Fsp3) is 0.500. The Morgan fingerprint density at radius 2 is 2.29 bits per heavy atom. The van der Waals surface area contributed by atoms with Crippen molar-refractivity contribution in [3.8, 4) is 6.07 Å². The van der Waals surface area contributed by atoms with E-state index in [4.69, 9.17) is 5.73 Å². The molecule has 0 aromatic carbocycles. The third-order valence-electron chi connectivity index (χ3n) is 3.63. The van der Waals surface area contributed by atoms with E-state index in [0.717, 1.165) is 43.9 Å². The molecule has 1 aliphatic carbocycles. The van der Waals surface area contributed by atoms with Gasteiger partial charge >= 0.3 is 0 Å². The van der Waals surface area contributed by atoms with Gasteiger partial charge in [0.25, 0.3) is 5.91 Å². The van der Waals surface area contributed by atoms with E-state index in [2.05, 4.69) is 16.0 Å². The molecule has 5 heteroatoms. The molecular formula is C12H15N4O+. The fourth-order valence-electron chi connectivity index (χ4n) is 2.77. The second-order valence-corrected chi connectivity index (χ2v) is 4.77. The molecule has 5 nitrogen and oxygen atoms in total. The standard InChI is InChI=1S/C12H14N4O/c13-5-8-10(12(14)17)9-6-15-3-4-16(9)11(8)7-1-2-7/h7,15H,1-4,6H2,(H2,14,17)/p+1. The number of fused-ring (bicyclic) bond motifs is 1.